The van der Waals surface area contributed by atoms with Gasteiger partial charge in [-0.05, 0) is 56.7 Å². The third-order valence-corrected chi connectivity index (χ3v) is 6.63. The lowest BCUT2D eigenvalue weighted by molar-refractivity contribution is 0.0564. The highest BCUT2D eigenvalue weighted by Gasteiger charge is 2.49. The number of aromatic nitrogens is 1. The van der Waals surface area contributed by atoms with Gasteiger partial charge in [-0.2, -0.15) is 0 Å². The zero-order valence-electron chi connectivity index (χ0n) is 18.9. The third kappa shape index (κ3) is 5.42. The summed E-state index contributed by atoms with van der Waals surface area (Å²) in [7, 11) is 0. The van der Waals surface area contributed by atoms with Gasteiger partial charge < -0.3 is 9.47 Å². The Morgan fingerprint density at radius 2 is 2.15 bits per heavy atom. The monoisotopic (exact) mass is 507 g/mol. The van der Waals surface area contributed by atoms with E-state index in [1.54, 1.807) is 32.9 Å². The molecule has 0 bridgehead atoms. The van der Waals surface area contributed by atoms with Crippen LogP contribution in [-0.4, -0.2) is 40.8 Å². The molecule has 1 saturated heterocycles. The van der Waals surface area contributed by atoms with Gasteiger partial charge in [-0.15, -0.1) is 0 Å². The van der Waals surface area contributed by atoms with E-state index in [1.807, 2.05) is 0 Å². The van der Waals surface area contributed by atoms with Gasteiger partial charge in [-0.3, -0.25) is 10.3 Å². The van der Waals surface area contributed by atoms with E-state index in [-0.39, 0.29) is 23.8 Å². The SMILES string of the molecule is CC(C)(C)OC(=O)NC1=N[C@]2(c3cc(/C=C(\F)c4ccc(Cl)cn4)ccc3F)COC[C@@H]2CS1. The number of halogens is 3. The number of benzene rings is 1. The predicted octanol–water partition coefficient (Wildman–Crippen LogP) is 5.81. The molecule has 2 aliphatic heterocycles. The van der Waals surface area contributed by atoms with Gasteiger partial charge in [0, 0.05) is 23.4 Å². The van der Waals surface area contributed by atoms with Crippen molar-refractivity contribution in [1.29, 1.82) is 0 Å². The van der Waals surface area contributed by atoms with Gasteiger partial charge in [0.25, 0.3) is 0 Å². The fourth-order valence-corrected chi connectivity index (χ4v) is 5.06. The molecule has 1 amide bonds. The van der Waals surface area contributed by atoms with Crippen LogP contribution in [0.15, 0.2) is 41.5 Å². The van der Waals surface area contributed by atoms with E-state index in [4.69, 9.17) is 26.1 Å². The smallest absolute Gasteiger partial charge is 0.413 e. The molecule has 34 heavy (non-hydrogen) atoms. The average molecular weight is 508 g/mol. The lowest BCUT2D eigenvalue weighted by atomic mass is 9.81. The molecule has 2 atom stereocenters. The number of hydrogen-bond donors (Lipinski definition) is 1. The van der Waals surface area contributed by atoms with Crippen molar-refractivity contribution in [2.24, 2.45) is 10.9 Å². The lowest BCUT2D eigenvalue weighted by Gasteiger charge is -2.35. The average Bonchev–Trinajstić information content (AvgIpc) is 3.18. The number of nitrogens with one attached hydrogen (secondary N) is 1. The molecule has 10 heteroatoms. The summed E-state index contributed by atoms with van der Waals surface area (Å²) in [5.41, 5.74) is -0.869. The van der Waals surface area contributed by atoms with Crippen LogP contribution in [0.3, 0.4) is 0 Å². The number of fused-ring (bicyclic) bond motifs is 1. The summed E-state index contributed by atoms with van der Waals surface area (Å²) >= 11 is 7.17. The van der Waals surface area contributed by atoms with Crippen LogP contribution in [0, 0.1) is 11.7 Å². The molecule has 0 radical (unpaired) electrons. The van der Waals surface area contributed by atoms with Crippen molar-refractivity contribution in [3.8, 4) is 0 Å². The quantitative estimate of drug-likeness (QED) is 0.567. The van der Waals surface area contributed by atoms with Gasteiger partial charge in [0.05, 0.1) is 23.9 Å². The van der Waals surface area contributed by atoms with Crippen LogP contribution in [-0.2, 0) is 15.0 Å². The molecule has 0 aliphatic carbocycles. The minimum atomic E-state index is -1.04. The summed E-state index contributed by atoms with van der Waals surface area (Å²) in [6.07, 6.45) is 2.00. The van der Waals surface area contributed by atoms with Gasteiger partial charge in [0.15, 0.2) is 5.17 Å². The molecule has 2 aromatic rings. The van der Waals surface area contributed by atoms with Crippen molar-refractivity contribution in [3.05, 3.63) is 64.2 Å². The number of nitrogens with zero attached hydrogens (tertiary/aromatic N) is 2. The van der Waals surface area contributed by atoms with Crippen LogP contribution in [0.25, 0.3) is 11.9 Å². The van der Waals surface area contributed by atoms with Crippen molar-refractivity contribution >= 4 is 46.5 Å². The van der Waals surface area contributed by atoms with Gasteiger partial charge in [0.1, 0.15) is 22.8 Å². The first-order valence-electron chi connectivity index (χ1n) is 10.7. The Morgan fingerprint density at radius 1 is 1.35 bits per heavy atom. The number of pyridine rings is 1. The first-order chi connectivity index (χ1) is 16.1. The van der Waals surface area contributed by atoms with E-state index < -0.39 is 28.9 Å². The van der Waals surface area contributed by atoms with Gasteiger partial charge >= 0.3 is 6.09 Å². The maximum Gasteiger partial charge on any atom is 0.413 e. The van der Waals surface area contributed by atoms with Crippen molar-refractivity contribution in [2.45, 2.75) is 31.9 Å². The fraction of sp³-hybridized carbons (Fsp3) is 0.375. The van der Waals surface area contributed by atoms with Crippen LogP contribution >= 0.6 is 23.4 Å². The first kappa shape index (κ1) is 24.6. The van der Waals surface area contributed by atoms with E-state index >= 15 is 4.39 Å². The molecule has 3 heterocycles. The highest BCUT2D eigenvalue weighted by Crippen LogP contribution is 2.45. The van der Waals surface area contributed by atoms with Crippen molar-refractivity contribution in [3.63, 3.8) is 0 Å². The van der Waals surface area contributed by atoms with Crippen LogP contribution in [0.2, 0.25) is 5.02 Å². The largest absolute Gasteiger partial charge is 0.444 e. The second kappa shape index (κ2) is 9.64. The summed E-state index contributed by atoms with van der Waals surface area (Å²) < 4.78 is 40.9. The second-order valence-corrected chi connectivity index (χ2v) is 10.5. The number of ether oxygens (including phenoxy) is 2. The Kier molecular flexibility index (Phi) is 6.98. The number of thioether (sulfide) groups is 1. The van der Waals surface area contributed by atoms with Crippen LogP contribution in [0.4, 0.5) is 13.6 Å². The molecule has 0 spiro atoms. The Hall–Kier alpha value is -2.49. The molecular weight excluding hydrogens is 484 g/mol. The first-order valence-corrected chi connectivity index (χ1v) is 12.0. The van der Waals surface area contributed by atoms with Crippen molar-refractivity contribution in [1.82, 2.24) is 10.3 Å². The number of alkyl carbamates (subject to hydrolysis) is 1. The molecule has 6 nitrogen and oxygen atoms in total. The molecule has 0 unspecified atom stereocenters. The van der Waals surface area contributed by atoms with Crippen LogP contribution < -0.4 is 5.32 Å². The third-order valence-electron chi connectivity index (χ3n) is 5.37. The molecule has 4 rings (SSSR count). The molecule has 1 aromatic heterocycles. The summed E-state index contributed by atoms with van der Waals surface area (Å²) in [5.74, 6) is -0.610. The van der Waals surface area contributed by atoms with E-state index in [0.717, 1.165) is 0 Å². The van der Waals surface area contributed by atoms with Crippen molar-refractivity contribution < 1.29 is 23.0 Å². The number of amidine groups is 1. The summed E-state index contributed by atoms with van der Waals surface area (Å²) in [6, 6.07) is 7.34. The highest BCUT2D eigenvalue weighted by atomic mass is 35.5. The van der Waals surface area contributed by atoms with E-state index in [2.05, 4.69) is 10.3 Å². The normalized spacial score (nSPS) is 22.7. The molecule has 180 valence electrons. The summed E-state index contributed by atoms with van der Waals surface area (Å²) in [4.78, 5) is 21.0. The Morgan fingerprint density at radius 3 is 2.85 bits per heavy atom. The molecule has 2 aliphatic rings. The zero-order valence-corrected chi connectivity index (χ0v) is 20.5. The molecule has 1 fully saturated rings. The fourth-order valence-electron chi connectivity index (χ4n) is 3.83. The Labute approximate surface area is 205 Å². The standard InChI is InChI=1S/C24H24ClF2N3O3S/c1-23(2,3)33-22(31)29-21-30-24(13-32-11-15(24)12-34-21)17-8-14(4-6-18(17)26)9-19(27)20-7-5-16(25)10-28-20/h4-10,15H,11-13H2,1-3H3,(H,29,30,31)/b19-9-/t15-,24-/m1/s1. The summed E-state index contributed by atoms with van der Waals surface area (Å²) in [5, 5.41) is 3.38. The Bertz CT molecular complexity index is 1150. The number of carbonyl (C=O) groups is 1. The highest BCUT2D eigenvalue weighted by molar-refractivity contribution is 8.13. The second-order valence-electron chi connectivity index (χ2n) is 9.08. The number of carbonyl (C=O) groups excluding carboxylic acids is 1. The minimum Gasteiger partial charge on any atom is -0.444 e. The van der Waals surface area contributed by atoms with E-state index in [9.17, 15) is 9.18 Å². The molecule has 0 saturated carbocycles. The predicted molar refractivity (Wildman–Crippen MR) is 130 cm³/mol. The zero-order chi connectivity index (χ0) is 24.5. The summed E-state index contributed by atoms with van der Waals surface area (Å²) in [6.45, 7) is 5.83. The lowest BCUT2D eigenvalue weighted by Crippen LogP contribution is -2.43. The number of amides is 1. The van der Waals surface area contributed by atoms with Crippen LogP contribution in [0.5, 0.6) is 0 Å². The number of aliphatic imine (C=N–C) groups is 1. The van der Waals surface area contributed by atoms with E-state index in [0.29, 0.717) is 28.1 Å². The maximum absolute atomic E-state index is 15.1. The Balaban J connectivity index is 1.68. The van der Waals surface area contributed by atoms with E-state index in [1.165, 1.54) is 42.2 Å². The molecular formula is C24H24ClF2N3O3S. The van der Waals surface area contributed by atoms with Gasteiger partial charge in [-0.1, -0.05) is 29.4 Å². The molecule has 1 N–H and O–H groups in total. The van der Waals surface area contributed by atoms with Crippen molar-refractivity contribution in [2.75, 3.05) is 19.0 Å². The number of rotatable bonds is 3. The molecule has 1 aromatic carbocycles. The topological polar surface area (TPSA) is 72.8 Å². The van der Waals surface area contributed by atoms with Gasteiger partial charge in [-0.25, -0.2) is 18.6 Å². The maximum atomic E-state index is 15.1. The number of hydrogen-bond acceptors (Lipinski definition) is 6. The van der Waals surface area contributed by atoms with Gasteiger partial charge in [0.2, 0.25) is 0 Å². The van der Waals surface area contributed by atoms with Crippen LogP contribution in [0.1, 0.15) is 37.6 Å². The minimum absolute atomic E-state index is 0.113.